The Morgan fingerprint density at radius 3 is 2.40 bits per heavy atom. The Balaban J connectivity index is 2.10. The molecular formula is C12H15N3O5. The van der Waals surface area contributed by atoms with Crippen LogP contribution in [0.5, 0.6) is 0 Å². The van der Waals surface area contributed by atoms with E-state index in [1.54, 1.807) is 4.90 Å². The van der Waals surface area contributed by atoms with Crippen molar-refractivity contribution in [1.29, 1.82) is 0 Å². The molecule has 0 aromatic carbocycles. The molecule has 2 rings (SSSR count). The van der Waals surface area contributed by atoms with Gasteiger partial charge in [-0.25, -0.2) is 4.57 Å². The normalized spacial score (nSPS) is 16.1. The molecule has 1 aliphatic heterocycles. The van der Waals surface area contributed by atoms with Crippen LogP contribution in [-0.2, 0) is 11.8 Å². The third-order valence-corrected chi connectivity index (χ3v) is 3.63. The van der Waals surface area contributed by atoms with Crippen molar-refractivity contribution < 1.29 is 19.6 Å². The van der Waals surface area contributed by atoms with Crippen LogP contribution in [0.3, 0.4) is 0 Å². The lowest BCUT2D eigenvalue weighted by Gasteiger charge is -2.29. The Hall–Kier alpha value is -2.38. The Morgan fingerprint density at radius 1 is 1.35 bits per heavy atom. The number of carbonyl (C=O) groups excluding carboxylic acids is 1. The van der Waals surface area contributed by atoms with Crippen molar-refractivity contribution in [2.24, 2.45) is 13.0 Å². The highest BCUT2D eigenvalue weighted by atomic mass is 16.6. The van der Waals surface area contributed by atoms with Crippen molar-refractivity contribution in [3.05, 3.63) is 27.9 Å². The zero-order valence-electron chi connectivity index (χ0n) is 11.0. The van der Waals surface area contributed by atoms with E-state index in [9.17, 15) is 19.7 Å². The second-order valence-corrected chi connectivity index (χ2v) is 4.80. The van der Waals surface area contributed by atoms with Crippen LogP contribution in [-0.4, -0.2) is 44.5 Å². The number of hydrogen-bond donors (Lipinski definition) is 1. The molecule has 1 aliphatic rings. The van der Waals surface area contributed by atoms with Crippen molar-refractivity contribution in [3.63, 3.8) is 0 Å². The van der Waals surface area contributed by atoms with E-state index in [0.29, 0.717) is 25.9 Å². The molecule has 8 nitrogen and oxygen atoms in total. The van der Waals surface area contributed by atoms with Gasteiger partial charge in [-0.1, -0.05) is 0 Å². The molecule has 0 bridgehead atoms. The lowest BCUT2D eigenvalue weighted by molar-refractivity contribution is -0.391. The summed E-state index contributed by atoms with van der Waals surface area (Å²) in [6, 6.07) is 2.71. The predicted octanol–water partition coefficient (Wildman–Crippen LogP) is 0.870. The van der Waals surface area contributed by atoms with Gasteiger partial charge in [-0.3, -0.25) is 9.59 Å². The summed E-state index contributed by atoms with van der Waals surface area (Å²) < 4.78 is 1.24. The Morgan fingerprint density at radius 2 is 1.95 bits per heavy atom. The number of aliphatic carboxylic acids is 1. The summed E-state index contributed by atoms with van der Waals surface area (Å²) in [7, 11) is 1.47. The number of amides is 1. The number of hydrogen-bond acceptors (Lipinski definition) is 4. The number of nitrogens with zero attached hydrogens (tertiary/aromatic N) is 3. The number of likely N-dealkylation sites (tertiary alicyclic amines) is 1. The minimum atomic E-state index is -0.841. The van der Waals surface area contributed by atoms with Crippen LogP contribution in [0.2, 0.25) is 0 Å². The van der Waals surface area contributed by atoms with Crippen molar-refractivity contribution >= 4 is 17.7 Å². The van der Waals surface area contributed by atoms with Gasteiger partial charge in [-0.15, -0.1) is 0 Å². The van der Waals surface area contributed by atoms with Gasteiger partial charge in [-0.2, -0.15) is 0 Å². The highest BCUT2D eigenvalue weighted by Gasteiger charge is 2.30. The predicted molar refractivity (Wildman–Crippen MR) is 68.3 cm³/mol. The minimum Gasteiger partial charge on any atom is -0.481 e. The number of carboxylic acid groups (broad SMARTS) is 1. The van der Waals surface area contributed by atoms with Crippen LogP contribution in [0.1, 0.15) is 23.3 Å². The molecule has 20 heavy (non-hydrogen) atoms. The third-order valence-electron chi connectivity index (χ3n) is 3.63. The summed E-state index contributed by atoms with van der Waals surface area (Å²) in [6.07, 6.45) is 0.821. The average molecular weight is 281 g/mol. The molecule has 0 radical (unpaired) electrons. The van der Waals surface area contributed by atoms with E-state index in [1.807, 2.05) is 0 Å². The van der Waals surface area contributed by atoms with Gasteiger partial charge in [-0.05, 0) is 23.8 Å². The summed E-state index contributed by atoms with van der Waals surface area (Å²) in [5.41, 5.74) is 0.241. The van der Waals surface area contributed by atoms with Gasteiger partial charge in [0.1, 0.15) is 0 Å². The van der Waals surface area contributed by atoms with E-state index in [1.165, 1.54) is 23.7 Å². The summed E-state index contributed by atoms with van der Waals surface area (Å²) in [6.45, 7) is 0.712. The third kappa shape index (κ3) is 2.49. The monoisotopic (exact) mass is 281 g/mol. The molecular weight excluding hydrogens is 266 g/mol. The number of carbonyl (C=O) groups is 2. The van der Waals surface area contributed by atoms with E-state index in [2.05, 4.69) is 0 Å². The van der Waals surface area contributed by atoms with Crippen LogP contribution >= 0.6 is 0 Å². The van der Waals surface area contributed by atoms with Crippen molar-refractivity contribution in [3.8, 4) is 0 Å². The van der Waals surface area contributed by atoms with Gasteiger partial charge in [0.05, 0.1) is 13.0 Å². The molecule has 1 amide bonds. The molecule has 1 aromatic rings. The summed E-state index contributed by atoms with van der Waals surface area (Å²) in [4.78, 5) is 34.9. The van der Waals surface area contributed by atoms with Gasteiger partial charge in [0, 0.05) is 19.2 Å². The maximum absolute atomic E-state index is 12.3. The van der Waals surface area contributed by atoms with Gasteiger partial charge in [0.2, 0.25) is 0 Å². The van der Waals surface area contributed by atoms with Crippen LogP contribution < -0.4 is 0 Å². The molecule has 8 heteroatoms. The van der Waals surface area contributed by atoms with Crippen LogP contribution in [0.25, 0.3) is 0 Å². The molecule has 0 saturated carbocycles. The molecule has 1 saturated heterocycles. The fourth-order valence-electron chi connectivity index (χ4n) is 2.39. The molecule has 2 heterocycles. The smallest absolute Gasteiger partial charge is 0.323 e. The van der Waals surface area contributed by atoms with Crippen LogP contribution in [0, 0.1) is 16.0 Å². The summed E-state index contributed by atoms with van der Waals surface area (Å²) in [5, 5.41) is 19.7. The van der Waals surface area contributed by atoms with Gasteiger partial charge >= 0.3 is 11.8 Å². The maximum atomic E-state index is 12.3. The van der Waals surface area contributed by atoms with E-state index in [-0.39, 0.29) is 17.4 Å². The zero-order chi connectivity index (χ0) is 14.9. The summed E-state index contributed by atoms with van der Waals surface area (Å²) in [5.74, 6) is -1.70. The Bertz CT molecular complexity index is 557. The van der Waals surface area contributed by atoms with E-state index in [4.69, 9.17) is 5.11 Å². The molecule has 108 valence electrons. The zero-order valence-corrected chi connectivity index (χ0v) is 11.0. The minimum absolute atomic E-state index is 0.145. The SMILES string of the molecule is Cn1c(C(=O)N2CCC(C(=O)O)CC2)ccc1[N+](=O)[O-]. The molecule has 0 atom stereocenters. The Kier molecular flexibility index (Phi) is 3.73. The molecule has 1 N–H and O–H groups in total. The van der Waals surface area contributed by atoms with Gasteiger partial charge < -0.3 is 20.1 Å². The van der Waals surface area contributed by atoms with Crippen molar-refractivity contribution in [2.75, 3.05) is 13.1 Å². The van der Waals surface area contributed by atoms with Crippen molar-refractivity contribution in [1.82, 2.24) is 9.47 Å². The second kappa shape index (κ2) is 5.32. The quantitative estimate of drug-likeness (QED) is 0.653. The van der Waals surface area contributed by atoms with Crippen LogP contribution in [0.4, 0.5) is 5.82 Å². The number of nitro groups is 1. The largest absolute Gasteiger partial charge is 0.481 e. The highest BCUT2D eigenvalue weighted by molar-refractivity contribution is 5.93. The van der Waals surface area contributed by atoms with E-state index >= 15 is 0 Å². The van der Waals surface area contributed by atoms with E-state index in [0.717, 1.165) is 0 Å². The second-order valence-electron chi connectivity index (χ2n) is 4.80. The van der Waals surface area contributed by atoms with Gasteiger partial charge in [0.15, 0.2) is 5.69 Å². The molecule has 0 unspecified atom stereocenters. The topological polar surface area (TPSA) is 106 Å². The number of aromatic nitrogens is 1. The first-order valence-electron chi connectivity index (χ1n) is 6.24. The maximum Gasteiger partial charge on any atom is 0.323 e. The fraction of sp³-hybridized carbons (Fsp3) is 0.500. The average Bonchev–Trinajstić information content (AvgIpc) is 2.80. The Labute approximate surface area is 114 Å². The highest BCUT2D eigenvalue weighted by Crippen LogP contribution is 2.21. The van der Waals surface area contributed by atoms with Gasteiger partial charge in [0.25, 0.3) is 5.91 Å². The lowest BCUT2D eigenvalue weighted by Crippen LogP contribution is -2.40. The first kappa shape index (κ1) is 14.0. The first-order valence-corrected chi connectivity index (χ1v) is 6.24. The van der Waals surface area contributed by atoms with Crippen LogP contribution in [0.15, 0.2) is 12.1 Å². The molecule has 1 fully saturated rings. The molecule has 0 aliphatic carbocycles. The number of rotatable bonds is 3. The number of piperidine rings is 1. The lowest BCUT2D eigenvalue weighted by atomic mass is 9.97. The number of carboxylic acids is 1. The van der Waals surface area contributed by atoms with Crippen molar-refractivity contribution in [2.45, 2.75) is 12.8 Å². The molecule has 1 aromatic heterocycles. The molecule has 0 spiro atoms. The summed E-state index contributed by atoms with van der Waals surface area (Å²) >= 11 is 0. The standard InChI is InChI=1S/C12H15N3O5/c1-13-9(2-3-10(13)15(19)20)11(16)14-6-4-8(5-7-14)12(17)18/h2-3,8H,4-7H2,1H3,(H,17,18). The first-order chi connectivity index (χ1) is 9.41. The fourth-order valence-corrected chi connectivity index (χ4v) is 2.39. The van der Waals surface area contributed by atoms with E-state index < -0.39 is 16.8 Å².